The molecule has 1 saturated heterocycles. The van der Waals surface area contributed by atoms with Crippen LogP contribution in [0.5, 0.6) is 0 Å². The lowest BCUT2D eigenvalue weighted by atomic mass is 9.89. The van der Waals surface area contributed by atoms with Crippen LogP contribution in [0.2, 0.25) is 0 Å². The summed E-state index contributed by atoms with van der Waals surface area (Å²) in [5.41, 5.74) is 0. The lowest BCUT2D eigenvalue weighted by Crippen LogP contribution is -2.49. The smallest absolute Gasteiger partial charge is 0.0119 e. The molecule has 1 N–H and O–H groups in total. The first kappa shape index (κ1) is 18.0. The second kappa shape index (κ2) is 11.6. The number of nitrogens with one attached hydrogen (secondary N) is 1. The maximum absolute atomic E-state index is 3.68. The zero-order valence-corrected chi connectivity index (χ0v) is 14.3. The summed E-state index contributed by atoms with van der Waals surface area (Å²) in [6, 6.07) is 0.773. The summed E-state index contributed by atoms with van der Waals surface area (Å²) in [7, 11) is 0. The minimum atomic E-state index is 0.773. The molecule has 2 atom stereocenters. The molecule has 2 nitrogen and oxygen atoms in total. The Morgan fingerprint density at radius 3 is 2.30 bits per heavy atom. The fraction of sp³-hybridized carbons (Fsp3) is 1.00. The number of rotatable bonds is 11. The molecule has 1 heterocycles. The Kier molecular flexibility index (Phi) is 10.4. The van der Waals surface area contributed by atoms with Gasteiger partial charge >= 0.3 is 0 Å². The van der Waals surface area contributed by atoms with Crippen molar-refractivity contribution in [3.8, 4) is 0 Å². The van der Waals surface area contributed by atoms with Crippen LogP contribution in [0.1, 0.15) is 78.6 Å². The third kappa shape index (κ3) is 7.08. The van der Waals surface area contributed by atoms with Gasteiger partial charge in [-0.25, -0.2) is 0 Å². The van der Waals surface area contributed by atoms with Crippen LogP contribution in [-0.4, -0.2) is 37.1 Å². The molecule has 0 aliphatic carbocycles. The van der Waals surface area contributed by atoms with Crippen LogP contribution >= 0.6 is 0 Å². The van der Waals surface area contributed by atoms with E-state index in [0.717, 1.165) is 18.5 Å². The molecular weight excluding hydrogens is 244 g/mol. The van der Waals surface area contributed by atoms with Gasteiger partial charge in [0.05, 0.1) is 0 Å². The first-order valence-corrected chi connectivity index (χ1v) is 9.27. The third-order valence-electron chi connectivity index (χ3n) is 4.89. The van der Waals surface area contributed by atoms with Gasteiger partial charge in [0.15, 0.2) is 0 Å². The van der Waals surface area contributed by atoms with E-state index >= 15 is 0 Å². The van der Waals surface area contributed by atoms with Crippen molar-refractivity contribution >= 4 is 0 Å². The average molecular weight is 283 g/mol. The molecule has 0 spiro atoms. The van der Waals surface area contributed by atoms with Gasteiger partial charge < -0.3 is 10.2 Å². The molecule has 1 rings (SSSR count). The molecule has 1 aliphatic heterocycles. The van der Waals surface area contributed by atoms with Crippen LogP contribution in [0.4, 0.5) is 0 Å². The predicted octanol–water partition coefficient (Wildman–Crippen LogP) is 4.45. The summed E-state index contributed by atoms with van der Waals surface area (Å²) in [6.07, 6.45) is 12.7. The van der Waals surface area contributed by atoms with Gasteiger partial charge in [0, 0.05) is 12.6 Å². The fourth-order valence-corrected chi connectivity index (χ4v) is 3.55. The highest BCUT2D eigenvalue weighted by Gasteiger charge is 2.26. The first-order valence-electron chi connectivity index (χ1n) is 9.27. The Morgan fingerprint density at radius 1 is 0.950 bits per heavy atom. The maximum Gasteiger partial charge on any atom is 0.0119 e. The molecule has 120 valence electrons. The van der Waals surface area contributed by atoms with Gasteiger partial charge in [-0.1, -0.05) is 65.7 Å². The molecule has 1 aliphatic rings. The van der Waals surface area contributed by atoms with Crippen LogP contribution < -0.4 is 5.32 Å². The summed E-state index contributed by atoms with van der Waals surface area (Å²) < 4.78 is 0. The SMILES string of the molecule is CCCCCCCCCN1CCC(NCC)C(CC)C1. The predicted molar refractivity (Wildman–Crippen MR) is 90.3 cm³/mol. The summed E-state index contributed by atoms with van der Waals surface area (Å²) in [4.78, 5) is 2.72. The first-order chi connectivity index (χ1) is 9.81. The van der Waals surface area contributed by atoms with E-state index in [1.807, 2.05) is 0 Å². The monoisotopic (exact) mass is 282 g/mol. The minimum Gasteiger partial charge on any atom is -0.314 e. The summed E-state index contributed by atoms with van der Waals surface area (Å²) in [5.74, 6) is 0.869. The Bertz CT molecular complexity index is 217. The van der Waals surface area contributed by atoms with E-state index in [4.69, 9.17) is 0 Å². The highest BCUT2D eigenvalue weighted by Crippen LogP contribution is 2.20. The van der Waals surface area contributed by atoms with Crippen LogP contribution in [-0.2, 0) is 0 Å². The minimum absolute atomic E-state index is 0.773. The van der Waals surface area contributed by atoms with Crippen molar-refractivity contribution in [3.05, 3.63) is 0 Å². The number of piperidine rings is 1. The number of hydrogen-bond donors (Lipinski definition) is 1. The highest BCUT2D eigenvalue weighted by atomic mass is 15.1. The van der Waals surface area contributed by atoms with Gasteiger partial charge in [-0.05, 0) is 38.4 Å². The quantitative estimate of drug-likeness (QED) is 0.563. The molecule has 0 aromatic heterocycles. The van der Waals surface area contributed by atoms with Crippen molar-refractivity contribution in [2.24, 2.45) is 5.92 Å². The zero-order valence-electron chi connectivity index (χ0n) is 14.3. The van der Waals surface area contributed by atoms with Crippen LogP contribution in [0.25, 0.3) is 0 Å². The largest absolute Gasteiger partial charge is 0.314 e. The van der Waals surface area contributed by atoms with Crippen molar-refractivity contribution in [2.75, 3.05) is 26.2 Å². The summed E-state index contributed by atoms with van der Waals surface area (Å²) in [5, 5.41) is 3.68. The van der Waals surface area contributed by atoms with Crippen molar-refractivity contribution in [3.63, 3.8) is 0 Å². The third-order valence-corrected chi connectivity index (χ3v) is 4.89. The van der Waals surface area contributed by atoms with Gasteiger partial charge in [-0.2, -0.15) is 0 Å². The van der Waals surface area contributed by atoms with Crippen molar-refractivity contribution in [2.45, 2.75) is 84.6 Å². The van der Waals surface area contributed by atoms with Crippen LogP contribution in [0.15, 0.2) is 0 Å². The summed E-state index contributed by atoms with van der Waals surface area (Å²) >= 11 is 0. The molecule has 2 heteroatoms. The number of likely N-dealkylation sites (tertiary alicyclic amines) is 1. The molecule has 2 unspecified atom stereocenters. The molecule has 0 saturated carbocycles. The Balaban J connectivity index is 2.07. The van der Waals surface area contributed by atoms with E-state index in [1.165, 1.54) is 77.4 Å². The summed E-state index contributed by atoms with van der Waals surface area (Å²) in [6.45, 7) is 12.0. The Morgan fingerprint density at radius 2 is 1.65 bits per heavy atom. The molecule has 0 aromatic carbocycles. The van der Waals surface area contributed by atoms with Crippen molar-refractivity contribution in [1.29, 1.82) is 0 Å². The normalized spacial score (nSPS) is 24.1. The molecular formula is C18H38N2. The van der Waals surface area contributed by atoms with Crippen molar-refractivity contribution in [1.82, 2.24) is 10.2 Å². The fourth-order valence-electron chi connectivity index (χ4n) is 3.55. The van der Waals surface area contributed by atoms with Crippen LogP contribution in [0.3, 0.4) is 0 Å². The van der Waals surface area contributed by atoms with E-state index in [2.05, 4.69) is 31.0 Å². The van der Waals surface area contributed by atoms with Crippen molar-refractivity contribution < 1.29 is 0 Å². The second-order valence-electron chi connectivity index (χ2n) is 6.54. The van der Waals surface area contributed by atoms with E-state index < -0.39 is 0 Å². The molecule has 1 fully saturated rings. The van der Waals surface area contributed by atoms with E-state index in [0.29, 0.717) is 0 Å². The lowest BCUT2D eigenvalue weighted by Gasteiger charge is -2.38. The highest BCUT2D eigenvalue weighted by molar-refractivity contribution is 4.84. The van der Waals surface area contributed by atoms with E-state index in [-0.39, 0.29) is 0 Å². The molecule has 20 heavy (non-hydrogen) atoms. The van der Waals surface area contributed by atoms with Crippen LogP contribution in [0, 0.1) is 5.92 Å². The van der Waals surface area contributed by atoms with Gasteiger partial charge in [0.1, 0.15) is 0 Å². The number of nitrogens with zero attached hydrogens (tertiary/aromatic N) is 1. The average Bonchev–Trinajstić information content (AvgIpc) is 2.48. The molecule has 0 radical (unpaired) electrons. The lowest BCUT2D eigenvalue weighted by molar-refractivity contribution is 0.133. The number of unbranched alkanes of at least 4 members (excludes halogenated alkanes) is 6. The topological polar surface area (TPSA) is 15.3 Å². The van der Waals surface area contributed by atoms with Gasteiger partial charge in [0.25, 0.3) is 0 Å². The molecule has 0 aromatic rings. The van der Waals surface area contributed by atoms with E-state index in [9.17, 15) is 0 Å². The number of hydrogen-bond acceptors (Lipinski definition) is 2. The second-order valence-corrected chi connectivity index (χ2v) is 6.54. The van der Waals surface area contributed by atoms with E-state index in [1.54, 1.807) is 0 Å². The molecule has 0 amide bonds. The van der Waals surface area contributed by atoms with Gasteiger partial charge in [-0.3, -0.25) is 0 Å². The van der Waals surface area contributed by atoms with Gasteiger partial charge in [0.2, 0.25) is 0 Å². The Labute approximate surface area is 127 Å². The standard InChI is InChI=1S/C18H38N2/c1-4-7-8-9-10-11-12-14-20-15-13-18(19-6-3)17(5-2)16-20/h17-19H,4-16H2,1-3H3. The molecule has 0 bridgehead atoms. The maximum atomic E-state index is 3.68. The zero-order chi connectivity index (χ0) is 14.6. The van der Waals surface area contributed by atoms with Gasteiger partial charge in [-0.15, -0.1) is 0 Å². The Hall–Kier alpha value is -0.0800.